The summed E-state index contributed by atoms with van der Waals surface area (Å²) in [6, 6.07) is 23.1. The quantitative estimate of drug-likeness (QED) is 0.705. The van der Waals surface area contributed by atoms with Gasteiger partial charge in [0.2, 0.25) is 0 Å². The van der Waals surface area contributed by atoms with E-state index in [1.807, 2.05) is 0 Å². The van der Waals surface area contributed by atoms with E-state index in [4.69, 9.17) is 4.43 Å². The Morgan fingerprint density at radius 1 is 0.964 bits per heavy atom. The summed E-state index contributed by atoms with van der Waals surface area (Å²) in [6.07, 6.45) is 5.17. The molecule has 2 aromatic rings. The Hall–Kier alpha value is -1.42. The van der Waals surface area contributed by atoms with Gasteiger partial charge in [-0.3, -0.25) is 0 Å². The lowest BCUT2D eigenvalue weighted by Gasteiger charge is -2.45. The molecule has 0 spiro atoms. The van der Waals surface area contributed by atoms with Crippen molar-refractivity contribution in [2.45, 2.75) is 83.5 Å². The number of piperidine rings is 1. The Bertz CT molecular complexity index is 686. The van der Waals surface area contributed by atoms with Gasteiger partial charge in [0.15, 0.2) is 0 Å². The molecule has 3 rings (SSSR count). The molecule has 0 unspecified atom stereocenters. The van der Waals surface area contributed by atoms with Crippen molar-refractivity contribution in [1.82, 2.24) is 5.32 Å². The van der Waals surface area contributed by atoms with E-state index in [1.54, 1.807) is 0 Å². The molecular formula is C25H37NOSi. The molecule has 3 heteroatoms. The van der Waals surface area contributed by atoms with Gasteiger partial charge in [-0.1, -0.05) is 87.9 Å². The van der Waals surface area contributed by atoms with Gasteiger partial charge >= 0.3 is 0 Å². The second kappa shape index (κ2) is 8.94. The van der Waals surface area contributed by atoms with Crippen LogP contribution in [0.4, 0.5) is 0 Å². The standard InChI is InChI=1S/C25H37NOSi/c1-20-13-12-14-22(26-20)19-21(2)27-28(25(3,4)5,23-15-8-6-9-16-23)24-17-10-7-11-18-24/h6-11,15-18,20-22,26H,12-14,19H2,1-5H3/t20-,21-,22-/m1/s1. The average Bonchev–Trinajstić information content (AvgIpc) is 2.66. The molecule has 0 aliphatic carbocycles. The summed E-state index contributed by atoms with van der Waals surface area (Å²) in [5.41, 5.74) is 0. The lowest BCUT2D eigenvalue weighted by Crippen LogP contribution is -2.67. The van der Waals surface area contributed by atoms with E-state index < -0.39 is 8.32 Å². The summed E-state index contributed by atoms with van der Waals surface area (Å²) in [4.78, 5) is 0. The maximum Gasteiger partial charge on any atom is 0.261 e. The van der Waals surface area contributed by atoms with Crippen LogP contribution in [0.1, 0.15) is 60.3 Å². The molecule has 0 radical (unpaired) electrons. The van der Waals surface area contributed by atoms with Crippen molar-refractivity contribution in [1.29, 1.82) is 0 Å². The predicted octanol–water partition coefficient (Wildman–Crippen LogP) is 4.87. The molecule has 2 nitrogen and oxygen atoms in total. The predicted molar refractivity (Wildman–Crippen MR) is 123 cm³/mol. The van der Waals surface area contributed by atoms with E-state index in [2.05, 4.69) is 101 Å². The van der Waals surface area contributed by atoms with Gasteiger partial charge in [0.05, 0.1) is 0 Å². The van der Waals surface area contributed by atoms with Crippen LogP contribution in [0.2, 0.25) is 5.04 Å². The van der Waals surface area contributed by atoms with E-state index >= 15 is 0 Å². The Balaban J connectivity index is 1.96. The monoisotopic (exact) mass is 395 g/mol. The highest BCUT2D eigenvalue weighted by Gasteiger charge is 2.51. The first-order chi connectivity index (χ1) is 13.3. The molecule has 28 heavy (non-hydrogen) atoms. The number of hydrogen-bond acceptors (Lipinski definition) is 2. The van der Waals surface area contributed by atoms with Gasteiger partial charge in [0, 0.05) is 18.2 Å². The molecule has 1 fully saturated rings. The first-order valence-corrected chi connectivity index (χ1v) is 12.8. The van der Waals surface area contributed by atoms with Gasteiger partial charge in [-0.15, -0.1) is 0 Å². The summed E-state index contributed by atoms with van der Waals surface area (Å²) in [7, 11) is -2.44. The summed E-state index contributed by atoms with van der Waals surface area (Å²) in [5, 5.41) is 6.56. The SMILES string of the molecule is C[C@@H]1CCC[C@H](C[C@@H](C)O[Si](c2ccccc2)(c2ccccc2)C(C)(C)C)N1. The largest absolute Gasteiger partial charge is 0.405 e. The van der Waals surface area contributed by atoms with E-state index in [-0.39, 0.29) is 11.1 Å². The minimum absolute atomic E-state index is 0.0389. The molecule has 3 atom stereocenters. The van der Waals surface area contributed by atoms with Gasteiger partial charge in [0.1, 0.15) is 0 Å². The van der Waals surface area contributed by atoms with Gasteiger partial charge in [-0.2, -0.15) is 0 Å². The van der Waals surface area contributed by atoms with Crippen LogP contribution >= 0.6 is 0 Å². The molecular weight excluding hydrogens is 358 g/mol. The maximum atomic E-state index is 7.21. The van der Waals surface area contributed by atoms with Gasteiger partial charge in [-0.05, 0) is 48.5 Å². The van der Waals surface area contributed by atoms with Crippen molar-refractivity contribution in [2.75, 3.05) is 0 Å². The van der Waals surface area contributed by atoms with Gasteiger partial charge in [-0.25, -0.2) is 0 Å². The van der Waals surface area contributed by atoms with E-state index in [9.17, 15) is 0 Å². The smallest absolute Gasteiger partial charge is 0.261 e. The number of benzene rings is 2. The Labute approximate surface area is 172 Å². The molecule has 1 aliphatic rings. The first kappa shape index (κ1) is 21.3. The van der Waals surface area contributed by atoms with Crippen LogP contribution in [0.15, 0.2) is 60.7 Å². The normalized spacial score (nSPS) is 22.0. The van der Waals surface area contributed by atoms with Crippen molar-refractivity contribution < 1.29 is 4.43 Å². The molecule has 1 saturated heterocycles. The van der Waals surface area contributed by atoms with Crippen LogP contribution in [-0.4, -0.2) is 26.5 Å². The summed E-state index contributed by atoms with van der Waals surface area (Å²) >= 11 is 0. The van der Waals surface area contributed by atoms with Crippen LogP contribution in [0, 0.1) is 0 Å². The van der Waals surface area contributed by atoms with Crippen LogP contribution in [0.5, 0.6) is 0 Å². The molecule has 1 N–H and O–H groups in total. The number of rotatable bonds is 6. The molecule has 0 bridgehead atoms. The van der Waals surface area contributed by atoms with Crippen molar-refractivity contribution in [3.63, 3.8) is 0 Å². The highest BCUT2D eigenvalue weighted by atomic mass is 28.4. The van der Waals surface area contributed by atoms with Crippen molar-refractivity contribution in [3.8, 4) is 0 Å². The van der Waals surface area contributed by atoms with Crippen LogP contribution in [0.25, 0.3) is 0 Å². The summed E-state index contributed by atoms with van der Waals surface area (Å²) in [5.74, 6) is 0. The van der Waals surface area contributed by atoms with Crippen molar-refractivity contribution in [2.24, 2.45) is 0 Å². The third-order valence-electron chi connectivity index (χ3n) is 6.12. The van der Waals surface area contributed by atoms with Crippen molar-refractivity contribution in [3.05, 3.63) is 60.7 Å². The summed E-state index contributed by atoms with van der Waals surface area (Å²) in [6.45, 7) is 11.6. The molecule has 0 saturated carbocycles. The van der Waals surface area contributed by atoms with Crippen LogP contribution < -0.4 is 15.7 Å². The Morgan fingerprint density at radius 2 is 1.50 bits per heavy atom. The zero-order valence-electron chi connectivity index (χ0n) is 18.2. The first-order valence-electron chi connectivity index (χ1n) is 10.9. The van der Waals surface area contributed by atoms with E-state index in [0.29, 0.717) is 12.1 Å². The molecule has 0 aromatic heterocycles. The van der Waals surface area contributed by atoms with Crippen molar-refractivity contribution >= 4 is 18.7 Å². The fourth-order valence-corrected chi connectivity index (χ4v) is 9.58. The van der Waals surface area contributed by atoms with Gasteiger partial charge in [0.25, 0.3) is 8.32 Å². The Kier molecular flexibility index (Phi) is 6.80. The van der Waals surface area contributed by atoms with Crippen LogP contribution in [0.3, 0.4) is 0 Å². The third-order valence-corrected chi connectivity index (χ3v) is 11.3. The topological polar surface area (TPSA) is 21.3 Å². The molecule has 0 amide bonds. The molecule has 2 aromatic carbocycles. The average molecular weight is 396 g/mol. The zero-order chi connectivity index (χ0) is 20.2. The third kappa shape index (κ3) is 4.59. The number of nitrogens with one attached hydrogen (secondary N) is 1. The zero-order valence-corrected chi connectivity index (χ0v) is 19.2. The van der Waals surface area contributed by atoms with Crippen LogP contribution in [-0.2, 0) is 4.43 Å². The highest BCUT2D eigenvalue weighted by molar-refractivity contribution is 6.99. The second-order valence-corrected chi connectivity index (χ2v) is 13.8. The van der Waals surface area contributed by atoms with Gasteiger partial charge < -0.3 is 9.74 Å². The lowest BCUT2D eigenvalue weighted by atomic mass is 9.96. The summed E-state index contributed by atoms with van der Waals surface area (Å²) < 4.78 is 7.21. The lowest BCUT2D eigenvalue weighted by molar-refractivity contribution is 0.165. The molecule has 1 heterocycles. The highest BCUT2D eigenvalue weighted by Crippen LogP contribution is 2.38. The fraction of sp³-hybridized carbons (Fsp3) is 0.520. The van der Waals surface area contributed by atoms with E-state index in [1.165, 1.54) is 29.6 Å². The Morgan fingerprint density at radius 3 is 1.96 bits per heavy atom. The number of hydrogen-bond donors (Lipinski definition) is 1. The minimum atomic E-state index is -2.44. The molecule has 1 aliphatic heterocycles. The van der Waals surface area contributed by atoms with E-state index in [0.717, 1.165) is 6.42 Å². The minimum Gasteiger partial charge on any atom is -0.405 e. The maximum absolute atomic E-state index is 7.21. The molecule has 152 valence electrons. The fourth-order valence-electron chi connectivity index (χ4n) is 4.87. The second-order valence-electron chi connectivity index (χ2n) is 9.52.